The Hall–Kier alpha value is -1.79. The molecule has 21 heavy (non-hydrogen) atoms. The number of hydrogen-bond donors (Lipinski definition) is 1. The van der Waals surface area contributed by atoms with Gasteiger partial charge in [-0.05, 0) is 23.8 Å². The first-order valence-corrected chi connectivity index (χ1v) is 8.46. The smallest absolute Gasteiger partial charge is 0.250 e. The van der Waals surface area contributed by atoms with E-state index in [9.17, 15) is 13.2 Å². The summed E-state index contributed by atoms with van der Waals surface area (Å²) in [5.41, 5.74) is 6.40. The summed E-state index contributed by atoms with van der Waals surface area (Å²) in [7, 11) is -3.32. The van der Waals surface area contributed by atoms with E-state index in [1.54, 1.807) is 24.3 Å². The van der Waals surface area contributed by atoms with Crippen LogP contribution in [0.15, 0.2) is 47.4 Å². The number of sulfone groups is 1. The van der Waals surface area contributed by atoms with Gasteiger partial charge in [-0.25, -0.2) is 8.42 Å². The highest BCUT2D eigenvalue weighted by Gasteiger charge is 2.12. The molecule has 0 amide bonds. The predicted octanol–water partition coefficient (Wildman–Crippen LogP) is 1.70. The van der Waals surface area contributed by atoms with Crippen molar-refractivity contribution in [3.63, 3.8) is 0 Å². The Bertz CT molecular complexity index is 783. The van der Waals surface area contributed by atoms with E-state index in [-0.39, 0.29) is 23.6 Å². The Kier molecular flexibility index (Phi) is 4.69. The molecule has 7 heteroatoms. The van der Waals surface area contributed by atoms with Gasteiger partial charge in [-0.15, -0.1) is 0 Å². The van der Waals surface area contributed by atoms with E-state index in [4.69, 9.17) is 17.3 Å². The first-order valence-electron chi connectivity index (χ1n) is 6.26. The molecule has 1 aromatic heterocycles. The van der Waals surface area contributed by atoms with Gasteiger partial charge < -0.3 is 10.3 Å². The lowest BCUT2D eigenvalue weighted by molar-refractivity contribution is 0.586. The van der Waals surface area contributed by atoms with Crippen molar-refractivity contribution >= 4 is 27.1 Å². The third-order valence-electron chi connectivity index (χ3n) is 2.95. The van der Waals surface area contributed by atoms with E-state index in [1.165, 1.54) is 22.9 Å². The molecule has 0 unspecified atom stereocenters. The Morgan fingerprint density at radius 1 is 1.10 bits per heavy atom. The molecular weight excluding hydrogens is 312 g/mol. The molecule has 0 atom stereocenters. The number of pyridine rings is 1. The van der Waals surface area contributed by atoms with Gasteiger partial charge >= 0.3 is 0 Å². The van der Waals surface area contributed by atoms with Gasteiger partial charge in [0.1, 0.15) is 0 Å². The maximum atomic E-state index is 12.1. The first-order chi connectivity index (χ1) is 9.85. The van der Waals surface area contributed by atoms with Gasteiger partial charge in [0.25, 0.3) is 5.56 Å². The second kappa shape index (κ2) is 6.32. The van der Waals surface area contributed by atoms with Crippen molar-refractivity contribution in [1.29, 1.82) is 0 Å². The largest absolute Gasteiger partial charge is 0.398 e. The van der Waals surface area contributed by atoms with Crippen molar-refractivity contribution in [3.05, 3.63) is 63.5 Å². The number of hydrogen-bond acceptors (Lipinski definition) is 4. The van der Waals surface area contributed by atoms with E-state index in [0.29, 0.717) is 16.3 Å². The van der Waals surface area contributed by atoms with E-state index in [1.807, 2.05) is 0 Å². The number of rotatable bonds is 5. The zero-order chi connectivity index (χ0) is 15.5. The highest BCUT2D eigenvalue weighted by Crippen LogP contribution is 2.12. The van der Waals surface area contributed by atoms with E-state index in [0.717, 1.165) is 0 Å². The molecule has 2 aromatic rings. The minimum absolute atomic E-state index is 0.0821. The van der Waals surface area contributed by atoms with Gasteiger partial charge in [-0.3, -0.25) is 4.79 Å². The third kappa shape index (κ3) is 4.61. The molecule has 2 rings (SSSR count). The van der Waals surface area contributed by atoms with Gasteiger partial charge in [0, 0.05) is 29.5 Å². The highest BCUT2D eigenvalue weighted by atomic mass is 35.5. The summed E-state index contributed by atoms with van der Waals surface area (Å²) < 4.78 is 25.4. The number of anilines is 1. The monoisotopic (exact) mass is 326 g/mol. The van der Waals surface area contributed by atoms with E-state index < -0.39 is 9.84 Å². The molecule has 0 fully saturated rings. The average Bonchev–Trinajstić information content (AvgIpc) is 2.42. The highest BCUT2D eigenvalue weighted by molar-refractivity contribution is 7.90. The lowest BCUT2D eigenvalue weighted by atomic mass is 10.2. The fourth-order valence-corrected chi connectivity index (χ4v) is 3.31. The van der Waals surface area contributed by atoms with Gasteiger partial charge in [0.15, 0.2) is 9.84 Å². The summed E-state index contributed by atoms with van der Waals surface area (Å²) in [5.74, 6) is -0.208. The average molecular weight is 327 g/mol. The Morgan fingerprint density at radius 2 is 1.76 bits per heavy atom. The molecule has 0 spiro atoms. The molecule has 1 aromatic carbocycles. The van der Waals surface area contributed by atoms with E-state index in [2.05, 4.69) is 0 Å². The molecule has 0 saturated carbocycles. The van der Waals surface area contributed by atoms with Crippen LogP contribution in [0.2, 0.25) is 5.02 Å². The maximum Gasteiger partial charge on any atom is 0.250 e. The van der Waals surface area contributed by atoms with Crippen molar-refractivity contribution in [3.8, 4) is 0 Å². The van der Waals surface area contributed by atoms with Gasteiger partial charge in [0.2, 0.25) is 0 Å². The molecule has 0 aliphatic heterocycles. The van der Waals surface area contributed by atoms with Gasteiger partial charge in [0.05, 0.1) is 11.5 Å². The fourth-order valence-electron chi connectivity index (χ4n) is 1.87. The van der Waals surface area contributed by atoms with Crippen LogP contribution in [0.1, 0.15) is 5.56 Å². The van der Waals surface area contributed by atoms with Crippen LogP contribution in [-0.4, -0.2) is 18.7 Å². The van der Waals surface area contributed by atoms with Crippen LogP contribution in [0.3, 0.4) is 0 Å². The number of benzene rings is 1. The number of nitrogens with zero attached hydrogens (tertiary/aromatic N) is 1. The minimum atomic E-state index is -3.32. The zero-order valence-electron chi connectivity index (χ0n) is 11.2. The SMILES string of the molecule is Nc1ccc(=O)n(CCS(=O)(=O)Cc2ccc(Cl)cc2)c1. The van der Waals surface area contributed by atoms with Gasteiger partial charge in [-0.2, -0.15) is 0 Å². The number of halogens is 1. The lowest BCUT2D eigenvalue weighted by Gasteiger charge is -2.08. The molecule has 2 N–H and O–H groups in total. The van der Waals surface area contributed by atoms with Crippen LogP contribution >= 0.6 is 11.6 Å². The summed E-state index contributed by atoms with van der Waals surface area (Å²) in [5, 5.41) is 0.558. The quantitative estimate of drug-likeness (QED) is 0.906. The van der Waals surface area contributed by atoms with Crippen molar-refractivity contribution in [2.45, 2.75) is 12.3 Å². The Balaban J connectivity index is 2.06. The molecule has 0 saturated heterocycles. The number of aromatic nitrogens is 1. The molecular formula is C14H15ClN2O3S. The molecule has 1 heterocycles. The van der Waals surface area contributed by atoms with Crippen LogP contribution in [0.4, 0.5) is 5.69 Å². The molecule has 0 bridgehead atoms. The van der Waals surface area contributed by atoms with E-state index >= 15 is 0 Å². The topological polar surface area (TPSA) is 82.2 Å². The van der Waals surface area contributed by atoms with Crippen LogP contribution < -0.4 is 11.3 Å². The van der Waals surface area contributed by atoms with Crippen LogP contribution in [0.5, 0.6) is 0 Å². The second-order valence-corrected chi connectivity index (χ2v) is 7.33. The first kappa shape index (κ1) is 15.6. The summed E-state index contributed by atoms with van der Waals surface area (Å²) in [6.45, 7) is 0.0831. The fraction of sp³-hybridized carbons (Fsp3) is 0.214. The zero-order valence-corrected chi connectivity index (χ0v) is 12.8. The molecule has 0 radical (unpaired) electrons. The van der Waals surface area contributed by atoms with Crippen molar-refractivity contribution < 1.29 is 8.42 Å². The van der Waals surface area contributed by atoms with Crippen molar-refractivity contribution in [1.82, 2.24) is 4.57 Å². The number of aryl methyl sites for hydroxylation is 1. The lowest BCUT2D eigenvalue weighted by Crippen LogP contribution is -2.24. The van der Waals surface area contributed by atoms with Crippen LogP contribution in [-0.2, 0) is 22.1 Å². The summed E-state index contributed by atoms with van der Waals surface area (Å²) in [6, 6.07) is 9.45. The molecule has 0 aliphatic rings. The Morgan fingerprint density at radius 3 is 2.43 bits per heavy atom. The van der Waals surface area contributed by atoms with Crippen molar-refractivity contribution in [2.75, 3.05) is 11.5 Å². The number of nitrogen functional groups attached to an aromatic ring is 1. The predicted molar refractivity (Wildman–Crippen MR) is 84.1 cm³/mol. The normalized spacial score (nSPS) is 11.5. The molecule has 0 aliphatic carbocycles. The number of nitrogens with two attached hydrogens (primary N) is 1. The second-order valence-electron chi connectivity index (χ2n) is 4.71. The standard InChI is InChI=1S/C14H15ClN2O3S/c15-12-3-1-11(2-4-12)10-21(19,20)8-7-17-9-13(16)5-6-14(17)18/h1-6,9H,7-8,10,16H2. The third-order valence-corrected chi connectivity index (χ3v) is 4.78. The van der Waals surface area contributed by atoms with Crippen molar-refractivity contribution in [2.24, 2.45) is 0 Å². The molecule has 112 valence electrons. The summed E-state index contributed by atoms with van der Waals surface area (Å²) in [4.78, 5) is 11.6. The minimum Gasteiger partial charge on any atom is -0.398 e. The Labute approximate surface area is 127 Å². The summed E-state index contributed by atoms with van der Waals surface area (Å²) >= 11 is 5.76. The molecule has 5 nitrogen and oxygen atoms in total. The maximum absolute atomic E-state index is 12.1. The van der Waals surface area contributed by atoms with Crippen LogP contribution in [0.25, 0.3) is 0 Å². The van der Waals surface area contributed by atoms with Gasteiger partial charge in [-0.1, -0.05) is 23.7 Å². The summed E-state index contributed by atoms with van der Waals surface area (Å²) in [6.07, 6.45) is 1.44. The van der Waals surface area contributed by atoms with Crippen LogP contribution in [0, 0.1) is 0 Å².